The van der Waals surface area contributed by atoms with Gasteiger partial charge in [-0.1, -0.05) is 18.2 Å². The molecule has 2 aromatic rings. The van der Waals surface area contributed by atoms with Gasteiger partial charge in [0.15, 0.2) is 0 Å². The van der Waals surface area contributed by atoms with E-state index in [9.17, 15) is 9.18 Å². The van der Waals surface area contributed by atoms with Crippen molar-refractivity contribution in [3.63, 3.8) is 0 Å². The molecule has 0 atom stereocenters. The van der Waals surface area contributed by atoms with Crippen LogP contribution in [0.2, 0.25) is 0 Å². The maximum Gasteiger partial charge on any atom is 0.321 e. The van der Waals surface area contributed by atoms with E-state index in [0.717, 1.165) is 11.3 Å². The number of amides is 2. The van der Waals surface area contributed by atoms with Crippen molar-refractivity contribution in [2.45, 2.75) is 25.2 Å². The molecule has 0 unspecified atom stereocenters. The zero-order chi connectivity index (χ0) is 17.3. The van der Waals surface area contributed by atoms with Crippen LogP contribution in [-0.2, 0) is 11.3 Å². The highest BCUT2D eigenvalue weighted by atomic mass is 19.1. The lowest BCUT2D eigenvalue weighted by Crippen LogP contribution is -2.53. The molecular formula is C19H19FN2O3. The van der Waals surface area contributed by atoms with E-state index in [1.54, 1.807) is 17.0 Å². The number of carbonyl (C=O) groups is 1. The number of carbonyl (C=O) groups excluding carboxylic acids is 1. The third-order valence-corrected chi connectivity index (χ3v) is 4.67. The van der Waals surface area contributed by atoms with Crippen molar-refractivity contribution in [1.29, 1.82) is 0 Å². The highest BCUT2D eigenvalue weighted by molar-refractivity contribution is 5.89. The summed E-state index contributed by atoms with van der Waals surface area (Å²) in [6, 6.07) is 13.4. The fourth-order valence-corrected chi connectivity index (χ4v) is 3.19. The monoisotopic (exact) mass is 342 g/mol. The van der Waals surface area contributed by atoms with Gasteiger partial charge in [-0.25, -0.2) is 9.18 Å². The Hall–Kier alpha value is -2.60. The van der Waals surface area contributed by atoms with Gasteiger partial charge in [-0.3, -0.25) is 0 Å². The number of para-hydroxylation sites is 1. The minimum absolute atomic E-state index is 0.197. The van der Waals surface area contributed by atoms with Crippen molar-refractivity contribution in [1.82, 2.24) is 4.90 Å². The van der Waals surface area contributed by atoms with E-state index >= 15 is 0 Å². The number of hydrogen-bond donors (Lipinski definition) is 1. The summed E-state index contributed by atoms with van der Waals surface area (Å²) in [6.07, 6.45) is 1.22. The molecule has 1 spiro atoms. The molecule has 1 saturated heterocycles. The van der Waals surface area contributed by atoms with Crippen molar-refractivity contribution >= 4 is 11.7 Å². The lowest BCUT2D eigenvalue weighted by Gasteiger charge is -2.43. The second kappa shape index (κ2) is 6.37. The molecule has 1 N–H and O–H groups in total. The fourth-order valence-electron chi connectivity index (χ4n) is 3.19. The van der Waals surface area contributed by atoms with Gasteiger partial charge in [-0.05, 0) is 30.3 Å². The molecule has 0 aliphatic carbocycles. The SMILES string of the molecule is O=C(Nc1ccc(F)cc1)N1CCC2(CC1)OCc1ccccc1O2. The Morgan fingerprint density at radius 2 is 1.80 bits per heavy atom. The molecule has 0 aromatic heterocycles. The normalized spacial score (nSPS) is 18.4. The second-order valence-corrected chi connectivity index (χ2v) is 6.33. The summed E-state index contributed by atoms with van der Waals surface area (Å²) < 4.78 is 25.0. The van der Waals surface area contributed by atoms with Gasteiger partial charge in [0, 0.05) is 37.2 Å². The Morgan fingerprint density at radius 3 is 2.56 bits per heavy atom. The largest absolute Gasteiger partial charge is 0.462 e. The van der Waals surface area contributed by atoms with E-state index in [4.69, 9.17) is 9.47 Å². The van der Waals surface area contributed by atoms with E-state index in [2.05, 4.69) is 5.32 Å². The molecule has 0 bridgehead atoms. The molecule has 6 heteroatoms. The van der Waals surface area contributed by atoms with Crippen LogP contribution >= 0.6 is 0 Å². The number of ether oxygens (including phenoxy) is 2. The number of fused-ring (bicyclic) bond motifs is 1. The third-order valence-electron chi connectivity index (χ3n) is 4.67. The van der Waals surface area contributed by atoms with Crippen molar-refractivity contribution in [3.8, 4) is 5.75 Å². The minimum Gasteiger partial charge on any atom is -0.462 e. The van der Waals surface area contributed by atoms with Gasteiger partial charge in [-0.2, -0.15) is 0 Å². The summed E-state index contributed by atoms with van der Waals surface area (Å²) >= 11 is 0. The first kappa shape index (κ1) is 15.9. The highest BCUT2D eigenvalue weighted by Gasteiger charge is 2.41. The van der Waals surface area contributed by atoms with Gasteiger partial charge in [-0.15, -0.1) is 0 Å². The van der Waals surface area contributed by atoms with E-state index in [-0.39, 0.29) is 11.8 Å². The zero-order valence-corrected chi connectivity index (χ0v) is 13.7. The van der Waals surface area contributed by atoms with E-state index in [0.29, 0.717) is 38.2 Å². The number of nitrogens with one attached hydrogen (secondary N) is 1. The fraction of sp³-hybridized carbons (Fsp3) is 0.316. The molecule has 2 heterocycles. The first-order chi connectivity index (χ1) is 12.1. The summed E-state index contributed by atoms with van der Waals surface area (Å²) in [5, 5.41) is 2.78. The molecule has 0 saturated carbocycles. The number of urea groups is 1. The summed E-state index contributed by atoms with van der Waals surface area (Å²) in [7, 11) is 0. The van der Waals surface area contributed by atoms with Crippen LogP contribution in [0.1, 0.15) is 18.4 Å². The van der Waals surface area contributed by atoms with E-state index in [1.807, 2.05) is 24.3 Å². The molecule has 2 amide bonds. The molecule has 2 aliphatic rings. The smallest absolute Gasteiger partial charge is 0.321 e. The van der Waals surface area contributed by atoms with Crippen LogP contribution in [0.4, 0.5) is 14.9 Å². The number of anilines is 1. The lowest BCUT2D eigenvalue weighted by molar-refractivity contribution is -0.225. The van der Waals surface area contributed by atoms with Crippen LogP contribution in [0.25, 0.3) is 0 Å². The molecule has 130 valence electrons. The highest BCUT2D eigenvalue weighted by Crippen LogP contribution is 2.37. The van der Waals surface area contributed by atoms with Gasteiger partial charge in [0.25, 0.3) is 0 Å². The third kappa shape index (κ3) is 3.30. The Kier molecular flexibility index (Phi) is 4.05. The summed E-state index contributed by atoms with van der Waals surface area (Å²) in [4.78, 5) is 14.1. The molecule has 2 aromatic carbocycles. The van der Waals surface area contributed by atoms with Gasteiger partial charge in [0.05, 0.1) is 6.61 Å². The number of likely N-dealkylation sites (tertiary alicyclic amines) is 1. The molecule has 4 rings (SSSR count). The van der Waals surface area contributed by atoms with Crippen molar-refractivity contribution in [3.05, 3.63) is 59.9 Å². The number of rotatable bonds is 1. The van der Waals surface area contributed by atoms with Gasteiger partial charge >= 0.3 is 6.03 Å². The standard InChI is InChI=1S/C19H19FN2O3/c20-15-5-7-16(8-6-15)21-18(23)22-11-9-19(10-12-22)24-13-14-3-1-2-4-17(14)25-19/h1-8H,9-13H2,(H,21,23). The first-order valence-electron chi connectivity index (χ1n) is 8.36. The van der Waals surface area contributed by atoms with Crippen LogP contribution in [0.15, 0.2) is 48.5 Å². The molecule has 5 nitrogen and oxygen atoms in total. The summed E-state index contributed by atoms with van der Waals surface area (Å²) in [6.45, 7) is 1.60. The Labute approximate surface area is 145 Å². The van der Waals surface area contributed by atoms with E-state index in [1.165, 1.54) is 12.1 Å². The molecular weight excluding hydrogens is 323 g/mol. The Bertz CT molecular complexity index is 770. The van der Waals surface area contributed by atoms with Gasteiger partial charge < -0.3 is 19.7 Å². The summed E-state index contributed by atoms with van der Waals surface area (Å²) in [5.41, 5.74) is 1.62. The molecule has 1 fully saturated rings. The Morgan fingerprint density at radius 1 is 1.08 bits per heavy atom. The first-order valence-corrected chi connectivity index (χ1v) is 8.36. The lowest BCUT2D eigenvalue weighted by atomic mass is 10.0. The van der Waals surface area contributed by atoms with E-state index < -0.39 is 5.79 Å². The van der Waals surface area contributed by atoms with Crippen LogP contribution < -0.4 is 10.1 Å². The molecule has 25 heavy (non-hydrogen) atoms. The predicted molar refractivity (Wildman–Crippen MR) is 90.8 cm³/mol. The number of hydrogen-bond acceptors (Lipinski definition) is 3. The van der Waals surface area contributed by atoms with Crippen LogP contribution in [0, 0.1) is 5.82 Å². The maximum absolute atomic E-state index is 12.9. The number of nitrogens with zero attached hydrogens (tertiary/aromatic N) is 1. The number of halogens is 1. The zero-order valence-electron chi connectivity index (χ0n) is 13.7. The summed E-state index contributed by atoms with van der Waals surface area (Å²) in [5.74, 6) is -0.121. The number of piperidine rings is 1. The van der Waals surface area contributed by atoms with Gasteiger partial charge in [0.2, 0.25) is 5.79 Å². The molecule has 0 radical (unpaired) electrons. The van der Waals surface area contributed by atoms with Crippen molar-refractivity contribution < 1.29 is 18.7 Å². The average Bonchev–Trinajstić information content (AvgIpc) is 2.64. The second-order valence-electron chi connectivity index (χ2n) is 6.33. The minimum atomic E-state index is -0.652. The van der Waals surface area contributed by atoms with Gasteiger partial charge in [0.1, 0.15) is 11.6 Å². The number of benzene rings is 2. The van der Waals surface area contributed by atoms with Crippen molar-refractivity contribution in [2.24, 2.45) is 0 Å². The van der Waals surface area contributed by atoms with Crippen LogP contribution in [-0.4, -0.2) is 29.8 Å². The molecule has 2 aliphatic heterocycles. The maximum atomic E-state index is 12.9. The quantitative estimate of drug-likeness (QED) is 0.858. The average molecular weight is 342 g/mol. The van der Waals surface area contributed by atoms with Crippen LogP contribution in [0.3, 0.4) is 0 Å². The van der Waals surface area contributed by atoms with Crippen LogP contribution in [0.5, 0.6) is 5.75 Å². The van der Waals surface area contributed by atoms with Crippen molar-refractivity contribution in [2.75, 3.05) is 18.4 Å². The predicted octanol–water partition coefficient (Wildman–Crippen LogP) is 3.76. The Balaban J connectivity index is 1.37. The topological polar surface area (TPSA) is 50.8 Å².